The Morgan fingerprint density at radius 1 is 0.622 bits per heavy atom. The summed E-state index contributed by atoms with van der Waals surface area (Å²) in [5.74, 6) is -17.4. The molecule has 1 aromatic carbocycles. The van der Waals surface area contributed by atoms with Crippen LogP contribution in [0.3, 0.4) is 0 Å². The van der Waals surface area contributed by atoms with Crippen LogP contribution in [0.2, 0.25) is 0 Å². The van der Waals surface area contributed by atoms with Gasteiger partial charge >= 0.3 is 6.09 Å². The van der Waals surface area contributed by atoms with Gasteiger partial charge < -0.3 is 95.7 Å². The average Bonchev–Trinajstić information content (AvgIpc) is 0.808. The van der Waals surface area contributed by atoms with Crippen molar-refractivity contribution in [2.24, 2.45) is 56.7 Å². The molecule has 0 spiro atoms. The fraction of sp³-hybridized carbons (Fsp3) is 0.697. The van der Waals surface area contributed by atoms with Crippen molar-refractivity contribution in [3.8, 4) is 0 Å². The zero-order chi connectivity index (χ0) is 75.1. The second-order valence-corrected chi connectivity index (χ2v) is 29.3. The van der Waals surface area contributed by atoms with Gasteiger partial charge in [0.2, 0.25) is 65.0 Å². The van der Waals surface area contributed by atoms with E-state index in [0.29, 0.717) is 0 Å². The minimum absolute atomic E-state index is 0.0434. The van der Waals surface area contributed by atoms with Gasteiger partial charge in [-0.2, -0.15) is 0 Å². The van der Waals surface area contributed by atoms with Gasteiger partial charge in [-0.3, -0.25) is 62.5 Å². The van der Waals surface area contributed by atoms with Gasteiger partial charge in [0.05, 0.1) is 36.8 Å². The molecule has 552 valence electrons. The van der Waals surface area contributed by atoms with Gasteiger partial charge in [0.1, 0.15) is 53.9 Å². The van der Waals surface area contributed by atoms with E-state index in [1.807, 2.05) is 20.8 Å². The molecule has 1 unspecified atom stereocenters. The first-order valence-electron chi connectivity index (χ1n) is 33.1. The lowest BCUT2D eigenvalue weighted by atomic mass is 9.81. The van der Waals surface area contributed by atoms with Crippen molar-refractivity contribution >= 4 is 82.8 Å². The third-order valence-electron chi connectivity index (χ3n) is 15.7. The zero-order valence-electron chi connectivity index (χ0n) is 59.8. The molecule has 15 atom stereocenters. The molecule has 1 saturated heterocycles. The smallest absolute Gasteiger partial charge is 0.408 e. The number of nitrogens with two attached hydrogens (primary N) is 3. The van der Waals surface area contributed by atoms with E-state index in [9.17, 15) is 63.3 Å². The Hall–Kier alpha value is -8.52. The largest absolute Gasteiger partial charge is 0.444 e. The molecule has 2 rings (SSSR count). The zero-order valence-corrected chi connectivity index (χ0v) is 59.8. The molecule has 1 fully saturated rings. The summed E-state index contributed by atoms with van der Waals surface area (Å²) in [7, 11) is 0. The summed E-state index contributed by atoms with van der Waals surface area (Å²) in [6.07, 6.45) is -7.80. The van der Waals surface area contributed by atoms with Crippen LogP contribution in [0.25, 0.3) is 0 Å². The van der Waals surface area contributed by atoms with E-state index in [1.54, 1.807) is 75.3 Å². The van der Waals surface area contributed by atoms with Crippen molar-refractivity contribution in [3.05, 3.63) is 35.9 Å². The highest BCUT2D eigenvalue weighted by atomic mass is 16.6. The van der Waals surface area contributed by atoms with Crippen LogP contribution < -0.4 is 75.7 Å². The summed E-state index contributed by atoms with van der Waals surface area (Å²) in [6.45, 7) is 26.6. The number of amides is 12. The Morgan fingerprint density at radius 3 is 1.67 bits per heavy atom. The molecule has 0 aromatic heterocycles. The van der Waals surface area contributed by atoms with Crippen LogP contribution in [0, 0.1) is 34.5 Å². The number of benzene rings is 1. The summed E-state index contributed by atoms with van der Waals surface area (Å²) >= 11 is 0. The molecule has 12 amide bonds. The van der Waals surface area contributed by atoms with E-state index >= 15 is 14.4 Å². The fourth-order valence-electron chi connectivity index (χ4n) is 10.4. The molecule has 1 aliphatic heterocycles. The first-order chi connectivity index (χ1) is 45.2. The number of guanidine groups is 1. The summed E-state index contributed by atoms with van der Waals surface area (Å²) in [5.41, 5.74) is 14.4. The molecule has 0 radical (unpaired) electrons. The number of carbonyl (C=O) groups is 13. The number of ketones is 1. The first kappa shape index (κ1) is 85.6. The number of rotatable bonds is 22. The number of nitrogens with one attached hydrogen (secondary N) is 11. The Bertz CT molecular complexity index is 2960. The van der Waals surface area contributed by atoms with E-state index < -0.39 is 203 Å². The van der Waals surface area contributed by atoms with Gasteiger partial charge in [-0.15, -0.1) is 0 Å². The van der Waals surface area contributed by atoms with Crippen LogP contribution in [0.4, 0.5) is 4.79 Å². The maximum Gasteiger partial charge on any atom is 0.408 e. The molecule has 0 saturated carbocycles. The number of aliphatic imine (C=N–C) groups is 1. The second kappa shape index (κ2) is 38.6. The van der Waals surface area contributed by atoms with E-state index in [1.165, 1.54) is 38.1 Å². The predicted molar refractivity (Wildman–Crippen MR) is 362 cm³/mol. The molecule has 32 nitrogen and oxygen atoms in total. The Labute approximate surface area is 574 Å². The third kappa shape index (κ3) is 29.7. The highest BCUT2D eigenvalue weighted by molar-refractivity contribution is 6.00. The molecule has 1 heterocycles. The fourth-order valence-corrected chi connectivity index (χ4v) is 10.4. The lowest BCUT2D eigenvalue weighted by Crippen LogP contribution is -2.63. The van der Waals surface area contributed by atoms with Crippen LogP contribution >= 0.6 is 0 Å². The SMILES string of the molecule is CC[C@H](C)[C@@H]1NC(=O)[C@@H](CCCN=C(N)N)NC(=O)[C@H](CC(C)C)NC(=O)[C@H]([C@H](O)C(C)C)NC(=O)[C@@H](CC(=O)[C@H](CC(C)(C)C)NC(=O)[C@@H](CC(C)(C)C)NC(=O)OC(C)(C)C)[C@@H](c2ccccc2)NC(=O)[C@H](C)NC(=O)C([C@H](O)C(N)=O)NC(=O)CNC(=O)[C@H]([C@H](C)O)NC1=O. The predicted octanol–water partition coefficient (Wildman–Crippen LogP) is -1.40. The Kier molecular flexibility index (Phi) is 33.7. The normalized spacial score (nSPS) is 24.0. The standard InChI is InChI=1S/C66H111N15O17/c1-18-34(6)45-59(94)79-46(36(8)82)58(93)71-31-44(84)77-49(51(86)52(67)87)60(95)72-35(7)53(88)80-47(37-23-20-19-21-24-37)38(28-43(83)41(29-64(9,10)11)75-57(92)42(30-65(12,13)14)76-63(97)98-66(15,16)17)54(89)81-48(50(85)33(4)5)61(96)74-40(27-32(2)3)56(91)73-39(55(90)78-45)25-22-26-70-62(68)69/h19-21,23-24,32-36,38-42,45-51,82,85-86H,18,22,25-31H2,1-17H3,(H2,67,87)(H,71,93)(H,72,95)(H,73,91)(H,74,96)(H,75,92)(H,76,97)(H,77,84)(H,78,90)(H,79,94)(H,80,88)(H,81,89)(H4,68,69,70)/t34-,35-,36-,38-,39+,40-,41-,42+,45-,46-,47+,48-,49?,50+,51-/m0/s1. The van der Waals surface area contributed by atoms with Gasteiger partial charge in [-0.05, 0) is 101 Å². The number of aliphatic hydroxyl groups excluding tert-OH is 3. The molecule has 0 aliphatic carbocycles. The number of hydrogen-bond acceptors (Lipinski definition) is 18. The topological polar surface area (TPSA) is 515 Å². The number of alkyl carbamates (subject to hydrolysis) is 1. The number of ether oxygens (including phenoxy) is 1. The van der Waals surface area contributed by atoms with E-state index in [2.05, 4.69) is 63.5 Å². The maximum absolute atomic E-state index is 15.7. The molecular weight excluding hydrogens is 1270 g/mol. The van der Waals surface area contributed by atoms with E-state index in [-0.39, 0.29) is 62.5 Å². The van der Waals surface area contributed by atoms with Gasteiger partial charge in [-0.25, -0.2) is 4.79 Å². The second-order valence-electron chi connectivity index (χ2n) is 29.3. The number of aliphatic hydroxyl groups is 3. The summed E-state index contributed by atoms with van der Waals surface area (Å²) < 4.78 is 5.49. The highest BCUT2D eigenvalue weighted by Crippen LogP contribution is 2.30. The molecule has 98 heavy (non-hydrogen) atoms. The quantitative estimate of drug-likeness (QED) is 0.0361. The van der Waals surface area contributed by atoms with Gasteiger partial charge in [0, 0.05) is 13.0 Å². The van der Waals surface area contributed by atoms with Crippen molar-refractivity contribution < 1.29 is 82.4 Å². The summed E-state index contributed by atoms with van der Waals surface area (Å²) in [5, 5.41) is 61.4. The molecule has 20 N–H and O–H groups in total. The highest BCUT2D eigenvalue weighted by Gasteiger charge is 2.44. The van der Waals surface area contributed by atoms with E-state index in [4.69, 9.17) is 21.9 Å². The van der Waals surface area contributed by atoms with Crippen LogP contribution in [0.15, 0.2) is 35.3 Å². The number of carbonyl (C=O) groups excluding carboxylic acids is 13. The monoisotopic (exact) mass is 1390 g/mol. The summed E-state index contributed by atoms with van der Waals surface area (Å²) in [4.78, 5) is 190. The van der Waals surface area contributed by atoms with Gasteiger partial charge in [0.25, 0.3) is 0 Å². The van der Waals surface area contributed by atoms with Crippen molar-refractivity contribution in [3.63, 3.8) is 0 Å². The third-order valence-corrected chi connectivity index (χ3v) is 15.7. The van der Waals surface area contributed by atoms with E-state index in [0.717, 1.165) is 13.8 Å². The summed E-state index contributed by atoms with van der Waals surface area (Å²) in [6, 6.07) is -9.12. The van der Waals surface area contributed by atoms with Crippen LogP contribution in [0.5, 0.6) is 0 Å². The molecular formula is C66H111N15O17. The Balaban J connectivity index is 3.18. The van der Waals surface area contributed by atoms with Gasteiger partial charge in [0.15, 0.2) is 17.8 Å². The molecule has 0 bridgehead atoms. The van der Waals surface area contributed by atoms with Crippen molar-refractivity contribution in [2.75, 3.05) is 13.1 Å². The maximum atomic E-state index is 15.7. The molecule has 32 heteroatoms. The number of hydrogen-bond donors (Lipinski definition) is 17. The van der Waals surface area contributed by atoms with Gasteiger partial charge in [-0.1, -0.05) is 120 Å². The number of primary amides is 1. The average molecular weight is 1390 g/mol. The van der Waals surface area contributed by atoms with Crippen LogP contribution in [0.1, 0.15) is 174 Å². The van der Waals surface area contributed by atoms with Crippen molar-refractivity contribution in [1.82, 2.24) is 58.5 Å². The minimum Gasteiger partial charge on any atom is -0.444 e. The number of Topliss-reactive ketones (excluding diaryl/α,β-unsaturated/α-hetero) is 1. The molecule has 1 aromatic rings. The minimum atomic E-state index is -2.49. The van der Waals surface area contributed by atoms with Crippen molar-refractivity contribution in [1.29, 1.82) is 0 Å². The lowest BCUT2D eigenvalue weighted by molar-refractivity contribution is -0.140. The first-order valence-corrected chi connectivity index (χ1v) is 33.1. The Morgan fingerprint density at radius 2 is 1.15 bits per heavy atom. The number of nitrogens with zero attached hydrogens (tertiary/aromatic N) is 1. The lowest BCUT2D eigenvalue weighted by Gasteiger charge is -2.34. The van der Waals surface area contributed by atoms with Crippen molar-refractivity contribution in [2.45, 2.75) is 247 Å². The van der Waals surface area contributed by atoms with Crippen LogP contribution in [-0.4, -0.2) is 190 Å². The van der Waals surface area contributed by atoms with Crippen LogP contribution in [-0.2, 0) is 62.3 Å². The molecule has 1 aliphatic rings.